The minimum atomic E-state index is -0.612. The number of fused-ring (bicyclic) bond motifs is 1. The summed E-state index contributed by atoms with van der Waals surface area (Å²) in [7, 11) is 0. The Kier molecular flexibility index (Phi) is 6.00. The smallest absolute Gasteiger partial charge is 0.339 e. The molecule has 1 N–H and O–H groups in total. The lowest BCUT2D eigenvalue weighted by Crippen LogP contribution is -2.21. The average molecular weight is 450 g/mol. The maximum atomic E-state index is 13.0. The molecule has 0 unspecified atom stereocenters. The highest BCUT2D eigenvalue weighted by atomic mass is 32.1. The second-order valence-electron chi connectivity index (χ2n) is 7.76. The molecule has 4 rings (SSSR count). The van der Waals surface area contributed by atoms with Gasteiger partial charge in [-0.3, -0.25) is 10.1 Å². The van der Waals surface area contributed by atoms with E-state index in [-0.39, 0.29) is 6.04 Å². The quantitative estimate of drug-likeness (QED) is 0.434. The number of anilines is 1. The molecule has 0 bridgehead atoms. The zero-order valence-corrected chi connectivity index (χ0v) is 19.1. The van der Waals surface area contributed by atoms with Gasteiger partial charge in [0.1, 0.15) is 0 Å². The van der Waals surface area contributed by atoms with E-state index in [0.717, 1.165) is 16.8 Å². The molecule has 3 aromatic heterocycles. The number of amides is 1. The van der Waals surface area contributed by atoms with Gasteiger partial charge in [-0.25, -0.2) is 19.4 Å². The van der Waals surface area contributed by atoms with Crippen molar-refractivity contribution in [2.75, 3.05) is 11.9 Å². The summed E-state index contributed by atoms with van der Waals surface area (Å²) in [6, 6.07) is 9.64. The van der Waals surface area contributed by atoms with Gasteiger partial charge in [0.15, 0.2) is 17.4 Å². The lowest BCUT2D eigenvalue weighted by molar-refractivity contribution is -0.119. The van der Waals surface area contributed by atoms with Crippen molar-refractivity contribution in [3.05, 3.63) is 58.7 Å². The first-order valence-corrected chi connectivity index (χ1v) is 11.0. The van der Waals surface area contributed by atoms with Gasteiger partial charge in [0.2, 0.25) is 0 Å². The number of nitrogens with one attached hydrogen (secondary N) is 1. The highest BCUT2D eigenvalue weighted by Crippen LogP contribution is 2.27. The topological polar surface area (TPSA) is 99.0 Å². The van der Waals surface area contributed by atoms with E-state index in [0.29, 0.717) is 27.4 Å². The van der Waals surface area contributed by atoms with Gasteiger partial charge in [0.05, 0.1) is 28.5 Å². The summed E-state index contributed by atoms with van der Waals surface area (Å²) in [4.78, 5) is 34.1. The number of aryl methyl sites for hydroxylation is 2. The van der Waals surface area contributed by atoms with Gasteiger partial charge in [0, 0.05) is 17.0 Å². The summed E-state index contributed by atoms with van der Waals surface area (Å²) in [6.07, 6.45) is 1.61. The summed E-state index contributed by atoms with van der Waals surface area (Å²) in [5.41, 5.74) is 4.35. The number of hydrogen-bond donors (Lipinski definition) is 1. The van der Waals surface area contributed by atoms with Crippen LogP contribution in [0.3, 0.4) is 0 Å². The first-order valence-electron chi connectivity index (χ1n) is 10.2. The van der Waals surface area contributed by atoms with E-state index in [4.69, 9.17) is 9.72 Å². The molecule has 9 heteroatoms. The van der Waals surface area contributed by atoms with Crippen LogP contribution in [0.25, 0.3) is 22.3 Å². The van der Waals surface area contributed by atoms with Gasteiger partial charge in [-0.2, -0.15) is 5.10 Å². The first kappa shape index (κ1) is 21.6. The number of pyridine rings is 1. The largest absolute Gasteiger partial charge is 0.452 e. The van der Waals surface area contributed by atoms with Crippen molar-refractivity contribution in [1.82, 2.24) is 19.7 Å². The van der Waals surface area contributed by atoms with Gasteiger partial charge >= 0.3 is 5.97 Å². The number of aromatic nitrogens is 4. The third-order valence-corrected chi connectivity index (χ3v) is 5.70. The Balaban J connectivity index is 1.63. The highest BCUT2D eigenvalue weighted by molar-refractivity contribution is 7.13. The maximum absolute atomic E-state index is 13.0. The Morgan fingerprint density at radius 2 is 1.91 bits per heavy atom. The second-order valence-corrected chi connectivity index (χ2v) is 8.62. The van der Waals surface area contributed by atoms with Crippen LogP contribution in [0.4, 0.5) is 5.13 Å². The molecule has 1 aromatic carbocycles. The van der Waals surface area contributed by atoms with Crippen molar-refractivity contribution < 1.29 is 14.3 Å². The molecule has 0 fully saturated rings. The van der Waals surface area contributed by atoms with Crippen LogP contribution in [-0.2, 0) is 9.53 Å². The summed E-state index contributed by atoms with van der Waals surface area (Å²) in [5, 5.41) is 9.91. The van der Waals surface area contributed by atoms with E-state index in [1.54, 1.807) is 16.9 Å². The third-order valence-electron chi connectivity index (χ3n) is 4.82. The van der Waals surface area contributed by atoms with Crippen molar-refractivity contribution in [2.45, 2.75) is 33.7 Å². The van der Waals surface area contributed by atoms with Gasteiger partial charge in [-0.15, -0.1) is 11.3 Å². The zero-order valence-electron chi connectivity index (χ0n) is 18.2. The summed E-state index contributed by atoms with van der Waals surface area (Å²) >= 11 is 1.31. The standard InChI is InChI=1S/C23H23N5O3S/c1-13(2)28-21-18(10-24-28)17(9-19(26-21)16-7-5-14(3)6-8-16)22(30)31-11-20(29)27-23-25-15(4)12-32-23/h5-10,12-13H,11H2,1-4H3,(H,25,27,29). The van der Waals surface area contributed by atoms with Gasteiger partial charge in [0.25, 0.3) is 5.91 Å². The Morgan fingerprint density at radius 1 is 1.16 bits per heavy atom. The lowest BCUT2D eigenvalue weighted by Gasteiger charge is -2.11. The molecule has 1 amide bonds. The number of esters is 1. The van der Waals surface area contributed by atoms with Crippen LogP contribution in [-0.4, -0.2) is 38.2 Å². The van der Waals surface area contributed by atoms with Gasteiger partial charge in [-0.05, 0) is 33.8 Å². The number of carbonyl (C=O) groups excluding carboxylic acids is 2. The van der Waals surface area contributed by atoms with Crippen LogP contribution in [0.2, 0.25) is 0 Å². The van der Waals surface area contributed by atoms with Gasteiger partial charge in [-0.1, -0.05) is 29.8 Å². The fraction of sp³-hybridized carbons (Fsp3) is 0.261. The zero-order chi connectivity index (χ0) is 22.8. The van der Waals surface area contributed by atoms with Crippen molar-refractivity contribution in [2.24, 2.45) is 0 Å². The minimum absolute atomic E-state index is 0.0599. The van der Waals surface area contributed by atoms with E-state index in [2.05, 4.69) is 15.4 Å². The predicted octanol–water partition coefficient (Wildman–Crippen LogP) is 4.55. The molecule has 0 radical (unpaired) electrons. The average Bonchev–Trinajstić information content (AvgIpc) is 3.37. The Hall–Kier alpha value is -3.59. The molecule has 0 atom stereocenters. The molecule has 3 heterocycles. The van der Waals surface area contributed by atoms with E-state index in [1.165, 1.54) is 11.3 Å². The van der Waals surface area contributed by atoms with Crippen molar-refractivity contribution in [3.8, 4) is 11.3 Å². The molecular weight excluding hydrogens is 426 g/mol. The highest BCUT2D eigenvalue weighted by Gasteiger charge is 2.20. The molecule has 0 saturated carbocycles. The lowest BCUT2D eigenvalue weighted by atomic mass is 10.1. The molecule has 0 spiro atoms. The number of rotatable bonds is 6. The fourth-order valence-corrected chi connectivity index (χ4v) is 3.92. The van der Waals surface area contributed by atoms with E-state index in [9.17, 15) is 9.59 Å². The maximum Gasteiger partial charge on any atom is 0.339 e. The molecule has 164 valence electrons. The van der Waals surface area contributed by atoms with Crippen molar-refractivity contribution >= 4 is 39.4 Å². The Labute approximate surface area is 189 Å². The molecule has 0 saturated heterocycles. The van der Waals surface area contributed by atoms with Gasteiger partial charge < -0.3 is 4.74 Å². The molecule has 8 nitrogen and oxygen atoms in total. The van der Waals surface area contributed by atoms with Crippen molar-refractivity contribution in [1.29, 1.82) is 0 Å². The molecule has 0 aliphatic rings. The molecule has 4 aromatic rings. The van der Waals surface area contributed by atoms with Crippen LogP contribution in [0.15, 0.2) is 41.9 Å². The molecule has 32 heavy (non-hydrogen) atoms. The summed E-state index contributed by atoms with van der Waals surface area (Å²) in [6.45, 7) is 7.42. The van der Waals surface area contributed by atoms with Crippen LogP contribution >= 0.6 is 11.3 Å². The number of hydrogen-bond acceptors (Lipinski definition) is 7. The Bertz CT molecular complexity index is 1290. The number of carbonyl (C=O) groups is 2. The first-order chi connectivity index (χ1) is 15.3. The SMILES string of the molecule is Cc1ccc(-c2cc(C(=O)OCC(=O)Nc3nc(C)cs3)c3cnn(C(C)C)c3n2)cc1. The second kappa shape index (κ2) is 8.88. The number of ether oxygens (including phenoxy) is 1. The fourth-order valence-electron chi connectivity index (χ4n) is 3.21. The molecular formula is C23H23N5O3S. The normalized spacial score (nSPS) is 11.2. The van der Waals surface area contributed by atoms with E-state index in [1.807, 2.05) is 57.3 Å². The van der Waals surface area contributed by atoms with Crippen LogP contribution in [0.5, 0.6) is 0 Å². The number of benzene rings is 1. The summed E-state index contributed by atoms with van der Waals surface area (Å²) in [5.74, 6) is -1.06. The van der Waals surface area contributed by atoms with E-state index < -0.39 is 18.5 Å². The molecule has 0 aliphatic heterocycles. The van der Waals surface area contributed by atoms with Crippen LogP contribution < -0.4 is 5.32 Å². The number of nitrogens with zero attached hydrogens (tertiary/aromatic N) is 4. The predicted molar refractivity (Wildman–Crippen MR) is 124 cm³/mol. The van der Waals surface area contributed by atoms with Crippen LogP contribution in [0.1, 0.15) is 41.5 Å². The minimum Gasteiger partial charge on any atom is -0.452 e. The third kappa shape index (κ3) is 4.52. The molecule has 0 aliphatic carbocycles. The van der Waals surface area contributed by atoms with Crippen LogP contribution in [0, 0.1) is 13.8 Å². The Morgan fingerprint density at radius 3 is 2.56 bits per heavy atom. The summed E-state index contributed by atoms with van der Waals surface area (Å²) < 4.78 is 7.08. The van der Waals surface area contributed by atoms with Crippen molar-refractivity contribution in [3.63, 3.8) is 0 Å². The monoisotopic (exact) mass is 449 g/mol. The van der Waals surface area contributed by atoms with E-state index >= 15 is 0 Å². The number of thiazole rings is 1.